The van der Waals surface area contributed by atoms with Crippen molar-refractivity contribution >= 4 is 34.8 Å². The summed E-state index contributed by atoms with van der Waals surface area (Å²) in [6.45, 7) is 2.11. The maximum absolute atomic E-state index is 6.27. The molecule has 0 atom stereocenters. The van der Waals surface area contributed by atoms with Gasteiger partial charge < -0.3 is 10.3 Å². The van der Waals surface area contributed by atoms with E-state index in [-0.39, 0.29) is 0 Å². The van der Waals surface area contributed by atoms with Crippen molar-refractivity contribution in [2.75, 3.05) is 13.1 Å². The third kappa shape index (κ3) is 3.71. The van der Waals surface area contributed by atoms with Crippen LogP contribution >= 0.6 is 11.6 Å². The second-order valence-electron chi connectivity index (χ2n) is 7.41. The van der Waals surface area contributed by atoms with Crippen molar-refractivity contribution in [1.29, 1.82) is 0 Å². The zero-order valence-electron chi connectivity index (χ0n) is 16.0. The molecule has 4 aromatic rings. The van der Waals surface area contributed by atoms with E-state index < -0.39 is 0 Å². The van der Waals surface area contributed by atoms with E-state index in [4.69, 9.17) is 11.6 Å². The van der Waals surface area contributed by atoms with Crippen LogP contribution in [0.1, 0.15) is 30.0 Å². The summed E-state index contributed by atoms with van der Waals surface area (Å²) in [5.74, 6) is 0. The summed E-state index contributed by atoms with van der Waals surface area (Å²) in [4.78, 5) is 7.86. The molecule has 0 unspecified atom stereocenters. The summed E-state index contributed by atoms with van der Waals surface area (Å²) in [7, 11) is 0. The molecule has 1 aromatic carbocycles. The highest BCUT2D eigenvalue weighted by molar-refractivity contribution is 6.32. The maximum Gasteiger partial charge on any atom is 0.137 e. The molecular weight excluding hydrogens is 382 g/mol. The molecule has 5 rings (SSSR count). The zero-order chi connectivity index (χ0) is 19.6. The molecule has 0 amide bonds. The largest absolute Gasteiger partial charge is 0.346 e. The van der Waals surface area contributed by atoms with E-state index in [2.05, 4.69) is 43.4 Å². The SMILES string of the molecule is Clc1ccccc1C=Cc1c[nH]c2ncc(-c3cnn(C4CCNCC4)c3)cc12. The van der Waals surface area contributed by atoms with Gasteiger partial charge in [0.2, 0.25) is 0 Å². The van der Waals surface area contributed by atoms with E-state index in [0.717, 1.165) is 64.2 Å². The minimum atomic E-state index is 0.475. The summed E-state index contributed by atoms with van der Waals surface area (Å²) in [6, 6.07) is 10.5. The molecule has 0 aliphatic carbocycles. The Morgan fingerprint density at radius 3 is 2.72 bits per heavy atom. The molecule has 3 aromatic heterocycles. The van der Waals surface area contributed by atoms with Gasteiger partial charge in [-0.05, 0) is 43.6 Å². The normalized spacial score (nSPS) is 15.5. The van der Waals surface area contributed by atoms with Gasteiger partial charge >= 0.3 is 0 Å². The first kappa shape index (κ1) is 18.2. The number of hydrogen-bond donors (Lipinski definition) is 2. The molecule has 29 heavy (non-hydrogen) atoms. The van der Waals surface area contributed by atoms with Gasteiger partial charge in [0, 0.05) is 45.7 Å². The lowest BCUT2D eigenvalue weighted by atomic mass is 10.1. The highest BCUT2D eigenvalue weighted by Gasteiger charge is 2.16. The molecule has 0 bridgehead atoms. The number of pyridine rings is 1. The molecule has 1 fully saturated rings. The number of benzene rings is 1. The van der Waals surface area contributed by atoms with Crippen molar-refractivity contribution in [3.05, 3.63) is 71.3 Å². The van der Waals surface area contributed by atoms with Gasteiger partial charge in [-0.1, -0.05) is 42.0 Å². The zero-order valence-corrected chi connectivity index (χ0v) is 16.7. The summed E-state index contributed by atoms with van der Waals surface area (Å²) in [5.41, 5.74) is 5.12. The van der Waals surface area contributed by atoms with Gasteiger partial charge in [-0.25, -0.2) is 4.98 Å². The number of nitrogens with one attached hydrogen (secondary N) is 2. The minimum Gasteiger partial charge on any atom is -0.346 e. The van der Waals surface area contributed by atoms with E-state index in [1.54, 1.807) is 0 Å². The average molecular weight is 404 g/mol. The Bertz CT molecular complexity index is 1170. The monoisotopic (exact) mass is 403 g/mol. The fraction of sp³-hybridized carbons (Fsp3) is 0.217. The number of nitrogens with zero attached hydrogens (tertiary/aromatic N) is 3. The Kier molecular flexibility index (Phi) is 4.92. The van der Waals surface area contributed by atoms with E-state index in [1.807, 2.05) is 48.9 Å². The van der Waals surface area contributed by atoms with Gasteiger partial charge in [0.1, 0.15) is 5.65 Å². The van der Waals surface area contributed by atoms with Gasteiger partial charge in [-0.2, -0.15) is 5.10 Å². The van der Waals surface area contributed by atoms with Crippen LogP contribution in [0.15, 0.2) is 55.1 Å². The van der Waals surface area contributed by atoms with Crippen LogP contribution in [0.5, 0.6) is 0 Å². The van der Waals surface area contributed by atoms with Crippen molar-refractivity contribution < 1.29 is 0 Å². The quantitative estimate of drug-likeness (QED) is 0.494. The molecule has 6 heteroatoms. The number of H-pyrrole nitrogens is 1. The summed E-state index contributed by atoms with van der Waals surface area (Å²) in [5, 5.41) is 9.85. The second-order valence-corrected chi connectivity index (χ2v) is 7.82. The van der Waals surface area contributed by atoms with Crippen LogP contribution < -0.4 is 5.32 Å². The van der Waals surface area contributed by atoms with Crippen LogP contribution in [0.3, 0.4) is 0 Å². The first-order chi connectivity index (χ1) is 14.3. The molecule has 0 saturated carbocycles. The summed E-state index contributed by atoms with van der Waals surface area (Å²) >= 11 is 6.27. The molecule has 146 valence electrons. The van der Waals surface area contributed by atoms with Crippen molar-refractivity contribution in [3.8, 4) is 11.1 Å². The topological polar surface area (TPSA) is 58.5 Å². The van der Waals surface area contributed by atoms with E-state index in [9.17, 15) is 0 Å². The number of rotatable bonds is 4. The van der Waals surface area contributed by atoms with Crippen molar-refractivity contribution in [2.45, 2.75) is 18.9 Å². The summed E-state index contributed by atoms with van der Waals surface area (Å²) < 4.78 is 2.11. The number of fused-ring (bicyclic) bond motifs is 1. The standard InChI is InChI=1S/C23H22ClN5/c24-22-4-2-1-3-16(22)5-6-17-12-26-23-21(17)11-18(13-27-23)19-14-28-29(15-19)20-7-9-25-10-8-20/h1-6,11-15,20,25H,7-10H2,(H,26,27). The number of hydrogen-bond acceptors (Lipinski definition) is 3. The average Bonchev–Trinajstić information content (AvgIpc) is 3.41. The van der Waals surface area contributed by atoms with E-state index >= 15 is 0 Å². The fourth-order valence-electron chi connectivity index (χ4n) is 3.87. The lowest BCUT2D eigenvalue weighted by molar-refractivity contribution is 0.343. The van der Waals surface area contributed by atoms with Gasteiger partial charge in [-0.15, -0.1) is 0 Å². The third-order valence-corrected chi connectivity index (χ3v) is 5.87. The van der Waals surface area contributed by atoms with Crippen LogP contribution in [0, 0.1) is 0 Å². The Labute approximate surface area is 174 Å². The summed E-state index contributed by atoms with van der Waals surface area (Å²) in [6.07, 6.45) is 14.3. The van der Waals surface area contributed by atoms with Crippen LogP contribution in [0.2, 0.25) is 5.02 Å². The highest BCUT2D eigenvalue weighted by Crippen LogP contribution is 2.28. The number of aromatic nitrogens is 4. The molecule has 1 aliphatic heterocycles. The first-order valence-corrected chi connectivity index (χ1v) is 10.3. The number of piperidine rings is 1. The van der Waals surface area contributed by atoms with Gasteiger partial charge in [0.05, 0.1) is 12.2 Å². The molecule has 2 N–H and O–H groups in total. The first-order valence-electron chi connectivity index (χ1n) is 9.93. The van der Waals surface area contributed by atoms with Crippen molar-refractivity contribution in [2.24, 2.45) is 0 Å². The van der Waals surface area contributed by atoms with E-state index in [0.29, 0.717) is 6.04 Å². The molecule has 5 nitrogen and oxygen atoms in total. The Balaban J connectivity index is 1.45. The van der Waals surface area contributed by atoms with Crippen LogP contribution in [0.25, 0.3) is 34.3 Å². The van der Waals surface area contributed by atoms with Gasteiger partial charge in [0.15, 0.2) is 0 Å². The Morgan fingerprint density at radius 1 is 1.03 bits per heavy atom. The maximum atomic E-state index is 6.27. The fourth-order valence-corrected chi connectivity index (χ4v) is 4.07. The molecule has 1 saturated heterocycles. The van der Waals surface area contributed by atoms with Crippen molar-refractivity contribution in [3.63, 3.8) is 0 Å². The second kappa shape index (κ2) is 7.85. The smallest absolute Gasteiger partial charge is 0.137 e. The molecule has 4 heterocycles. The molecular formula is C23H22ClN5. The molecule has 1 aliphatic rings. The molecule has 0 radical (unpaired) electrons. The predicted molar refractivity (Wildman–Crippen MR) is 119 cm³/mol. The third-order valence-electron chi connectivity index (χ3n) is 5.53. The number of aromatic amines is 1. The minimum absolute atomic E-state index is 0.475. The van der Waals surface area contributed by atoms with Crippen LogP contribution in [-0.2, 0) is 0 Å². The lowest BCUT2D eigenvalue weighted by Gasteiger charge is -2.22. The highest BCUT2D eigenvalue weighted by atomic mass is 35.5. The van der Waals surface area contributed by atoms with Gasteiger partial charge in [0.25, 0.3) is 0 Å². The van der Waals surface area contributed by atoms with Crippen molar-refractivity contribution in [1.82, 2.24) is 25.1 Å². The number of halogens is 1. The Morgan fingerprint density at radius 2 is 1.86 bits per heavy atom. The van der Waals surface area contributed by atoms with Crippen LogP contribution in [0.4, 0.5) is 0 Å². The molecule has 0 spiro atoms. The Hall–Kier alpha value is -2.89. The van der Waals surface area contributed by atoms with E-state index in [1.165, 1.54) is 0 Å². The van der Waals surface area contributed by atoms with Gasteiger partial charge in [-0.3, -0.25) is 4.68 Å². The van der Waals surface area contributed by atoms with Crippen LogP contribution in [-0.4, -0.2) is 32.8 Å². The predicted octanol–water partition coefficient (Wildman–Crippen LogP) is 5.17. The lowest BCUT2D eigenvalue weighted by Crippen LogP contribution is -2.29.